The van der Waals surface area contributed by atoms with Gasteiger partial charge >= 0.3 is 5.97 Å². The van der Waals surface area contributed by atoms with Gasteiger partial charge < -0.3 is 4.74 Å². The highest BCUT2D eigenvalue weighted by atomic mass is 32.2. The number of benzene rings is 2. The molecule has 0 saturated heterocycles. The topological polar surface area (TPSA) is 107 Å². The van der Waals surface area contributed by atoms with Gasteiger partial charge in [0.2, 0.25) is 0 Å². The van der Waals surface area contributed by atoms with E-state index in [9.17, 15) is 32.1 Å². The lowest BCUT2D eigenvalue weighted by Crippen LogP contribution is -2.37. The van der Waals surface area contributed by atoms with E-state index in [1.54, 1.807) is 0 Å². The van der Waals surface area contributed by atoms with Crippen LogP contribution >= 0.6 is 0 Å². The normalized spacial score (nSPS) is 11.0. The first-order valence-corrected chi connectivity index (χ1v) is 8.40. The van der Waals surface area contributed by atoms with Crippen LogP contribution in [-0.2, 0) is 19.6 Å². The van der Waals surface area contributed by atoms with Crippen LogP contribution in [0, 0.1) is 21.7 Å². The first-order valence-electron chi connectivity index (χ1n) is 6.96. The second-order valence-electron chi connectivity index (χ2n) is 4.94. The van der Waals surface area contributed by atoms with E-state index in [4.69, 9.17) is 0 Å². The molecule has 0 bridgehead atoms. The zero-order chi connectivity index (χ0) is 19.5. The summed E-state index contributed by atoms with van der Waals surface area (Å²) in [6.45, 7) is -0.913. The molecular formula is C15H12F2N2O6S. The minimum absolute atomic E-state index is 0.354. The number of ether oxygens (including phenoxy) is 1. The molecule has 0 aliphatic carbocycles. The third-order valence-electron chi connectivity index (χ3n) is 3.30. The number of carbonyl (C=O) groups excluding carboxylic acids is 1. The van der Waals surface area contributed by atoms with Gasteiger partial charge in [0.1, 0.15) is 18.2 Å². The molecule has 0 aromatic heterocycles. The molecule has 8 nitrogen and oxygen atoms in total. The number of methoxy groups -OCH3 is 1. The van der Waals surface area contributed by atoms with Crippen molar-refractivity contribution in [3.63, 3.8) is 0 Å². The number of non-ortho nitro benzene ring substituents is 1. The number of hydrogen-bond acceptors (Lipinski definition) is 6. The smallest absolute Gasteiger partial charge is 0.326 e. The van der Waals surface area contributed by atoms with E-state index < -0.39 is 55.4 Å². The third kappa shape index (κ3) is 3.94. The maximum atomic E-state index is 14.1. The van der Waals surface area contributed by atoms with Crippen LogP contribution in [0.5, 0.6) is 0 Å². The van der Waals surface area contributed by atoms with E-state index >= 15 is 0 Å². The summed E-state index contributed by atoms with van der Waals surface area (Å²) in [4.78, 5) is 21.1. The quantitative estimate of drug-likeness (QED) is 0.428. The van der Waals surface area contributed by atoms with Crippen LogP contribution in [0.4, 0.5) is 20.2 Å². The molecule has 0 saturated carbocycles. The predicted molar refractivity (Wildman–Crippen MR) is 86.0 cm³/mol. The Kier molecular flexibility index (Phi) is 5.50. The minimum Gasteiger partial charge on any atom is -0.468 e. The fraction of sp³-hybridized carbons (Fsp3) is 0.133. The number of anilines is 1. The van der Waals surface area contributed by atoms with Gasteiger partial charge in [-0.1, -0.05) is 6.07 Å². The van der Waals surface area contributed by atoms with Crippen LogP contribution in [0.25, 0.3) is 0 Å². The predicted octanol–water partition coefficient (Wildman–Crippen LogP) is 2.24. The standard InChI is InChI=1S/C15H12F2N2O6S/c1-25-15(20)9-18(14-6-5-10(16)7-13(14)17)26(23,24)12-4-2-3-11(8-12)19(21)22/h2-8H,9H2,1H3. The Morgan fingerprint density at radius 1 is 1.23 bits per heavy atom. The van der Waals surface area contributed by atoms with Gasteiger partial charge in [-0.2, -0.15) is 0 Å². The summed E-state index contributed by atoms with van der Waals surface area (Å²) < 4.78 is 57.7. The molecule has 0 unspecified atom stereocenters. The van der Waals surface area contributed by atoms with Crippen molar-refractivity contribution < 1.29 is 31.7 Å². The highest BCUT2D eigenvalue weighted by molar-refractivity contribution is 7.92. The largest absolute Gasteiger partial charge is 0.468 e. The molecule has 2 aromatic rings. The zero-order valence-corrected chi connectivity index (χ0v) is 14.1. The Bertz CT molecular complexity index is 964. The molecule has 11 heteroatoms. The number of nitro groups is 1. The van der Waals surface area contributed by atoms with Crippen molar-refractivity contribution >= 4 is 27.4 Å². The summed E-state index contributed by atoms with van der Waals surface area (Å²) in [5.74, 6) is -3.19. The molecule has 2 rings (SSSR count). The Morgan fingerprint density at radius 3 is 2.50 bits per heavy atom. The van der Waals surface area contributed by atoms with Gasteiger partial charge in [-0.05, 0) is 18.2 Å². The number of rotatable bonds is 6. The molecule has 0 N–H and O–H groups in total. The average molecular weight is 386 g/mol. The molecule has 0 spiro atoms. The molecule has 26 heavy (non-hydrogen) atoms. The number of hydrogen-bond donors (Lipinski definition) is 0. The first-order chi connectivity index (χ1) is 12.2. The molecule has 138 valence electrons. The average Bonchev–Trinajstić information content (AvgIpc) is 2.60. The van der Waals surface area contributed by atoms with Crippen molar-refractivity contribution in [3.05, 3.63) is 64.2 Å². The van der Waals surface area contributed by atoms with E-state index in [2.05, 4.69) is 4.74 Å². The van der Waals surface area contributed by atoms with Gasteiger partial charge in [-0.15, -0.1) is 0 Å². The Morgan fingerprint density at radius 2 is 1.92 bits per heavy atom. The van der Waals surface area contributed by atoms with Crippen LogP contribution < -0.4 is 4.31 Å². The maximum Gasteiger partial charge on any atom is 0.326 e. The summed E-state index contributed by atoms with van der Waals surface area (Å²) in [6.07, 6.45) is 0. The number of nitrogens with zero attached hydrogens (tertiary/aromatic N) is 2. The van der Waals surface area contributed by atoms with Crippen molar-refractivity contribution in [2.45, 2.75) is 4.90 Å². The van der Waals surface area contributed by atoms with Gasteiger partial charge in [0, 0.05) is 18.2 Å². The lowest BCUT2D eigenvalue weighted by atomic mass is 10.3. The van der Waals surface area contributed by atoms with Crippen molar-refractivity contribution in [1.82, 2.24) is 0 Å². The molecule has 0 aliphatic heterocycles. The summed E-state index contributed by atoms with van der Waals surface area (Å²) >= 11 is 0. The van der Waals surface area contributed by atoms with Crippen molar-refractivity contribution in [1.29, 1.82) is 0 Å². The molecular weight excluding hydrogens is 374 g/mol. The van der Waals surface area contributed by atoms with Crippen LogP contribution in [0.2, 0.25) is 0 Å². The summed E-state index contributed by atoms with van der Waals surface area (Å²) in [5, 5.41) is 10.9. The minimum atomic E-state index is -4.59. The molecule has 2 aromatic carbocycles. The van der Waals surface area contributed by atoms with Gasteiger partial charge in [0.05, 0.1) is 22.6 Å². The number of nitro benzene ring substituents is 1. The van der Waals surface area contributed by atoms with Crippen molar-refractivity contribution in [2.75, 3.05) is 18.0 Å². The molecule has 0 amide bonds. The molecule has 0 heterocycles. The lowest BCUT2D eigenvalue weighted by molar-refractivity contribution is -0.385. The summed E-state index contributed by atoms with van der Waals surface area (Å²) in [5.41, 5.74) is -1.12. The third-order valence-corrected chi connectivity index (χ3v) is 5.05. The van der Waals surface area contributed by atoms with Crippen LogP contribution in [0.1, 0.15) is 0 Å². The SMILES string of the molecule is COC(=O)CN(c1ccc(F)cc1F)S(=O)(=O)c1cccc([N+](=O)[O-])c1. The Labute approximate surface area is 146 Å². The van der Waals surface area contributed by atoms with E-state index in [-0.39, 0.29) is 0 Å². The lowest BCUT2D eigenvalue weighted by Gasteiger charge is -2.23. The summed E-state index contributed by atoms with van der Waals surface area (Å²) in [6, 6.07) is 6.11. The number of sulfonamides is 1. The highest BCUT2D eigenvalue weighted by Crippen LogP contribution is 2.28. The zero-order valence-electron chi connectivity index (χ0n) is 13.3. The number of esters is 1. The number of halogens is 2. The second kappa shape index (κ2) is 7.44. The van der Waals surface area contributed by atoms with Gasteiger partial charge in [0.25, 0.3) is 15.7 Å². The fourth-order valence-corrected chi connectivity index (χ4v) is 3.51. The van der Waals surface area contributed by atoms with E-state index in [1.807, 2.05) is 0 Å². The first kappa shape index (κ1) is 19.2. The Balaban J connectivity index is 2.61. The fourth-order valence-electron chi connectivity index (χ4n) is 2.05. The second-order valence-corrected chi connectivity index (χ2v) is 6.80. The molecule has 0 radical (unpaired) electrons. The van der Waals surface area contributed by atoms with Crippen LogP contribution in [0.15, 0.2) is 47.4 Å². The van der Waals surface area contributed by atoms with Gasteiger partial charge in [0.15, 0.2) is 0 Å². The summed E-state index contributed by atoms with van der Waals surface area (Å²) in [7, 11) is -3.58. The number of carbonyl (C=O) groups is 1. The van der Waals surface area contributed by atoms with Gasteiger partial charge in [-0.25, -0.2) is 17.2 Å². The van der Waals surface area contributed by atoms with E-state index in [1.165, 1.54) is 0 Å². The molecule has 0 atom stereocenters. The van der Waals surface area contributed by atoms with Crippen molar-refractivity contribution in [2.24, 2.45) is 0 Å². The Hall–Kier alpha value is -3.08. The van der Waals surface area contributed by atoms with Gasteiger partial charge in [-0.3, -0.25) is 19.2 Å². The molecule has 0 fully saturated rings. The highest BCUT2D eigenvalue weighted by Gasteiger charge is 2.30. The van der Waals surface area contributed by atoms with E-state index in [0.29, 0.717) is 10.4 Å². The molecule has 0 aliphatic rings. The van der Waals surface area contributed by atoms with Crippen LogP contribution in [-0.4, -0.2) is 33.0 Å². The van der Waals surface area contributed by atoms with E-state index in [0.717, 1.165) is 43.5 Å². The maximum absolute atomic E-state index is 14.1. The monoisotopic (exact) mass is 386 g/mol. The van der Waals surface area contributed by atoms with Crippen LogP contribution in [0.3, 0.4) is 0 Å². The van der Waals surface area contributed by atoms with Crippen molar-refractivity contribution in [3.8, 4) is 0 Å².